The average Bonchev–Trinajstić information content (AvgIpc) is 2.28. The van der Waals surface area contributed by atoms with Gasteiger partial charge in [-0.15, -0.1) is 12.4 Å². The number of hydrogen-bond donors (Lipinski definition) is 1. The lowest BCUT2D eigenvalue weighted by atomic mass is 10.1. The van der Waals surface area contributed by atoms with Gasteiger partial charge in [0, 0.05) is 12.1 Å². The van der Waals surface area contributed by atoms with Crippen LogP contribution in [-0.2, 0) is 6.54 Å². The van der Waals surface area contributed by atoms with Crippen LogP contribution >= 0.6 is 12.4 Å². The summed E-state index contributed by atoms with van der Waals surface area (Å²) in [5, 5.41) is 13.7. The molecule has 0 atom stereocenters. The Balaban J connectivity index is 0.00000144. The minimum absolute atomic E-state index is 0. The fraction of sp³-hybridized carbons (Fsp3) is 0.400. The highest BCUT2D eigenvalue weighted by atomic mass is 35.5. The molecule has 1 aliphatic heterocycles. The zero-order valence-electron chi connectivity index (χ0n) is 9.26. The van der Waals surface area contributed by atoms with Gasteiger partial charge in [0.25, 0.3) is 5.69 Å². The Morgan fingerprint density at radius 2 is 1.94 bits per heavy atom. The molecule has 2 rings (SSSR count). The first-order valence-electron chi connectivity index (χ1n) is 4.94. The van der Waals surface area contributed by atoms with Crippen molar-refractivity contribution < 1.29 is 14.4 Å². The largest absolute Gasteiger partial charge is 0.486 e. The Bertz CT molecular complexity index is 425. The molecule has 0 aliphatic carbocycles. The second-order valence-corrected chi connectivity index (χ2v) is 3.41. The number of nitrogens with one attached hydrogen (secondary N) is 1. The second-order valence-electron chi connectivity index (χ2n) is 3.41. The molecule has 0 fully saturated rings. The van der Waals surface area contributed by atoms with Gasteiger partial charge in [0.1, 0.15) is 13.2 Å². The van der Waals surface area contributed by atoms with Crippen LogP contribution in [0.4, 0.5) is 5.69 Å². The van der Waals surface area contributed by atoms with E-state index in [1.807, 2.05) is 0 Å². The van der Waals surface area contributed by atoms with Crippen LogP contribution in [-0.4, -0.2) is 25.2 Å². The maximum atomic E-state index is 10.9. The summed E-state index contributed by atoms with van der Waals surface area (Å²) in [4.78, 5) is 10.5. The third kappa shape index (κ3) is 2.78. The number of ether oxygens (including phenoxy) is 2. The molecular weight excluding hydrogens is 248 g/mol. The van der Waals surface area contributed by atoms with E-state index in [4.69, 9.17) is 9.47 Å². The summed E-state index contributed by atoms with van der Waals surface area (Å²) >= 11 is 0. The molecule has 0 amide bonds. The van der Waals surface area contributed by atoms with Crippen molar-refractivity contribution in [1.29, 1.82) is 0 Å². The standard InChI is InChI=1S/C10H12N2O4.ClH/c1-11-6-7-4-9-10(16-3-2-15-9)5-8(7)12(13)14;/h4-5,11H,2-3,6H2,1H3;1H. The minimum Gasteiger partial charge on any atom is -0.486 e. The van der Waals surface area contributed by atoms with Gasteiger partial charge in [-0.05, 0) is 13.1 Å². The molecule has 0 saturated carbocycles. The van der Waals surface area contributed by atoms with E-state index in [0.717, 1.165) is 0 Å². The summed E-state index contributed by atoms with van der Waals surface area (Å²) in [6.45, 7) is 1.33. The molecule has 0 aromatic heterocycles. The van der Waals surface area contributed by atoms with E-state index >= 15 is 0 Å². The molecule has 17 heavy (non-hydrogen) atoms. The first-order chi connectivity index (χ1) is 7.72. The van der Waals surface area contributed by atoms with Crippen LogP contribution < -0.4 is 14.8 Å². The first-order valence-corrected chi connectivity index (χ1v) is 4.94. The van der Waals surface area contributed by atoms with Crippen LogP contribution in [0.15, 0.2) is 12.1 Å². The predicted octanol–water partition coefficient (Wildman–Crippen LogP) is 1.51. The lowest BCUT2D eigenvalue weighted by Crippen LogP contribution is -2.16. The van der Waals surface area contributed by atoms with E-state index in [1.54, 1.807) is 13.1 Å². The van der Waals surface area contributed by atoms with Crippen molar-refractivity contribution in [3.05, 3.63) is 27.8 Å². The molecule has 0 saturated heterocycles. The Labute approximate surface area is 104 Å². The molecule has 1 aliphatic rings. The topological polar surface area (TPSA) is 73.6 Å². The van der Waals surface area contributed by atoms with Crippen LogP contribution in [0.5, 0.6) is 11.5 Å². The number of nitro benzene ring substituents is 1. The van der Waals surface area contributed by atoms with Gasteiger partial charge in [-0.1, -0.05) is 0 Å². The number of fused-ring (bicyclic) bond motifs is 1. The molecule has 7 heteroatoms. The smallest absolute Gasteiger partial charge is 0.277 e. The highest BCUT2D eigenvalue weighted by Crippen LogP contribution is 2.36. The predicted molar refractivity (Wildman–Crippen MR) is 64.1 cm³/mol. The van der Waals surface area contributed by atoms with Gasteiger partial charge in [0.15, 0.2) is 11.5 Å². The minimum atomic E-state index is -0.412. The molecule has 0 radical (unpaired) electrons. The Morgan fingerprint density at radius 1 is 1.35 bits per heavy atom. The van der Waals surface area contributed by atoms with Crippen molar-refractivity contribution in [2.24, 2.45) is 0 Å². The van der Waals surface area contributed by atoms with Crippen molar-refractivity contribution in [2.75, 3.05) is 20.3 Å². The van der Waals surface area contributed by atoms with Gasteiger partial charge < -0.3 is 14.8 Å². The maximum absolute atomic E-state index is 10.9. The van der Waals surface area contributed by atoms with Crippen LogP contribution in [0, 0.1) is 10.1 Å². The molecule has 0 unspecified atom stereocenters. The SMILES string of the molecule is CNCc1cc2c(cc1[N+](=O)[O-])OCCO2.Cl. The molecule has 0 spiro atoms. The average molecular weight is 261 g/mol. The summed E-state index contributed by atoms with van der Waals surface area (Å²) in [5.74, 6) is 1.01. The Morgan fingerprint density at radius 3 is 2.47 bits per heavy atom. The summed E-state index contributed by atoms with van der Waals surface area (Å²) < 4.78 is 10.7. The van der Waals surface area contributed by atoms with Crippen molar-refractivity contribution in [3.8, 4) is 11.5 Å². The monoisotopic (exact) mass is 260 g/mol. The van der Waals surface area contributed by atoms with E-state index in [-0.39, 0.29) is 18.1 Å². The van der Waals surface area contributed by atoms with Crippen LogP contribution in [0.2, 0.25) is 0 Å². The third-order valence-electron chi connectivity index (χ3n) is 2.31. The number of benzene rings is 1. The Kier molecular flexibility index (Phi) is 4.53. The van der Waals surface area contributed by atoms with Crippen molar-refractivity contribution in [1.82, 2.24) is 5.32 Å². The zero-order valence-corrected chi connectivity index (χ0v) is 10.1. The quantitative estimate of drug-likeness (QED) is 0.659. The molecule has 0 bridgehead atoms. The molecule has 1 aromatic rings. The maximum Gasteiger partial charge on any atom is 0.277 e. The van der Waals surface area contributed by atoms with Gasteiger partial charge in [-0.25, -0.2) is 0 Å². The number of nitrogens with zero attached hydrogens (tertiary/aromatic N) is 1. The van der Waals surface area contributed by atoms with Gasteiger partial charge in [-0.2, -0.15) is 0 Å². The highest BCUT2D eigenvalue weighted by Gasteiger charge is 2.21. The highest BCUT2D eigenvalue weighted by molar-refractivity contribution is 5.85. The molecule has 1 N–H and O–H groups in total. The van der Waals surface area contributed by atoms with Gasteiger partial charge in [-0.3, -0.25) is 10.1 Å². The van der Waals surface area contributed by atoms with E-state index in [1.165, 1.54) is 6.07 Å². The van der Waals surface area contributed by atoms with Gasteiger partial charge in [0.05, 0.1) is 11.0 Å². The van der Waals surface area contributed by atoms with Gasteiger partial charge in [0.2, 0.25) is 0 Å². The summed E-state index contributed by atoms with van der Waals surface area (Å²) in [6.07, 6.45) is 0. The van der Waals surface area contributed by atoms with Crippen LogP contribution in [0.1, 0.15) is 5.56 Å². The number of nitro groups is 1. The normalized spacial score (nSPS) is 12.8. The fourth-order valence-corrected chi connectivity index (χ4v) is 1.62. The van der Waals surface area contributed by atoms with Crippen LogP contribution in [0.3, 0.4) is 0 Å². The molecule has 94 valence electrons. The number of hydrogen-bond acceptors (Lipinski definition) is 5. The summed E-state index contributed by atoms with van der Waals surface area (Å²) in [6, 6.07) is 3.07. The van der Waals surface area contributed by atoms with Gasteiger partial charge >= 0.3 is 0 Å². The molecule has 1 heterocycles. The van der Waals surface area contributed by atoms with Crippen molar-refractivity contribution >= 4 is 18.1 Å². The number of halogens is 1. The van der Waals surface area contributed by atoms with E-state index in [9.17, 15) is 10.1 Å². The van der Waals surface area contributed by atoms with E-state index in [0.29, 0.717) is 36.8 Å². The molecule has 1 aromatic carbocycles. The fourth-order valence-electron chi connectivity index (χ4n) is 1.62. The molecular formula is C10H13ClN2O4. The molecule has 6 nitrogen and oxygen atoms in total. The number of rotatable bonds is 3. The summed E-state index contributed by atoms with van der Waals surface area (Å²) in [7, 11) is 1.74. The summed E-state index contributed by atoms with van der Waals surface area (Å²) in [5.41, 5.74) is 0.648. The Hall–Kier alpha value is -1.53. The van der Waals surface area contributed by atoms with Crippen LogP contribution in [0.25, 0.3) is 0 Å². The van der Waals surface area contributed by atoms with E-state index in [2.05, 4.69) is 5.32 Å². The van der Waals surface area contributed by atoms with Crippen molar-refractivity contribution in [3.63, 3.8) is 0 Å². The third-order valence-corrected chi connectivity index (χ3v) is 2.31. The van der Waals surface area contributed by atoms with E-state index < -0.39 is 4.92 Å². The van der Waals surface area contributed by atoms with Crippen molar-refractivity contribution in [2.45, 2.75) is 6.54 Å². The lowest BCUT2D eigenvalue weighted by Gasteiger charge is -2.18. The second kappa shape index (κ2) is 5.70. The lowest BCUT2D eigenvalue weighted by molar-refractivity contribution is -0.385. The zero-order chi connectivity index (χ0) is 11.5. The first kappa shape index (κ1) is 13.5.